The molecule has 1 aliphatic heterocycles. The van der Waals surface area contributed by atoms with Crippen molar-refractivity contribution in [3.05, 3.63) is 77.9 Å². The molecule has 0 saturated carbocycles. The van der Waals surface area contributed by atoms with E-state index in [0.29, 0.717) is 0 Å². The van der Waals surface area contributed by atoms with Gasteiger partial charge in [-0.15, -0.1) is 0 Å². The molecule has 1 fully saturated rings. The van der Waals surface area contributed by atoms with Crippen LogP contribution in [0.2, 0.25) is 0 Å². The van der Waals surface area contributed by atoms with E-state index >= 15 is 0 Å². The molecule has 3 amide bonds. The number of hydrogen-bond acceptors (Lipinski definition) is 5. The van der Waals surface area contributed by atoms with Crippen molar-refractivity contribution in [2.24, 2.45) is 0 Å². The Labute approximate surface area is 169 Å². The lowest BCUT2D eigenvalue weighted by atomic mass is 10.2. The van der Waals surface area contributed by atoms with E-state index < -0.39 is 24.1 Å². The van der Waals surface area contributed by atoms with Crippen LogP contribution >= 0.6 is 0 Å². The molecule has 7 heteroatoms. The molecule has 0 aliphatic carbocycles. The topological polar surface area (TPSA) is 76.2 Å². The monoisotopic (exact) mass is 394 g/mol. The third kappa shape index (κ3) is 5.01. The van der Waals surface area contributed by atoms with Crippen molar-refractivity contribution in [2.45, 2.75) is 12.6 Å². The number of carbonyl (C=O) groups excluding carboxylic acids is 3. The smallest absolute Gasteiger partial charge is 0.419 e. The highest BCUT2D eigenvalue weighted by Crippen LogP contribution is 2.19. The Morgan fingerprint density at radius 3 is 2.38 bits per heavy atom. The molecule has 2 aromatic rings. The minimum absolute atomic E-state index is 0.00521. The van der Waals surface area contributed by atoms with E-state index in [1.807, 2.05) is 54.6 Å². The second kappa shape index (κ2) is 9.54. The van der Waals surface area contributed by atoms with E-state index in [4.69, 9.17) is 9.47 Å². The van der Waals surface area contributed by atoms with Gasteiger partial charge in [0.1, 0.15) is 6.61 Å². The number of rotatable bonds is 6. The van der Waals surface area contributed by atoms with Crippen LogP contribution in [0.5, 0.6) is 0 Å². The average Bonchev–Trinajstić information content (AvgIpc) is 3.09. The van der Waals surface area contributed by atoms with Crippen molar-refractivity contribution in [3.8, 4) is 0 Å². The van der Waals surface area contributed by atoms with Crippen LogP contribution < -0.4 is 0 Å². The van der Waals surface area contributed by atoms with E-state index in [0.717, 1.165) is 16.0 Å². The summed E-state index contributed by atoms with van der Waals surface area (Å²) >= 11 is 0. The number of ether oxygens (including phenoxy) is 2. The summed E-state index contributed by atoms with van der Waals surface area (Å²) < 4.78 is 10.0. The molecule has 29 heavy (non-hydrogen) atoms. The van der Waals surface area contributed by atoms with E-state index in [1.165, 1.54) is 12.0 Å². The van der Waals surface area contributed by atoms with E-state index in [1.54, 1.807) is 18.2 Å². The van der Waals surface area contributed by atoms with E-state index in [-0.39, 0.29) is 19.7 Å². The molecule has 0 spiro atoms. The second-order valence-corrected chi connectivity index (χ2v) is 6.45. The van der Waals surface area contributed by atoms with Crippen molar-refractivity contribution < 1.29 is 23.9 Å². The number of nitrogens with zero attached hydrogens (tertiary/aromatic N) is 2. The van der Waals surface area contributed by atoms with Gasteiger partial charge in [0, 0.05) is 6.54 Å². The Morgan fingerprint density at radius 1 is 1.07 bits per heavy atom. The molecule has 0 unspecified atom stereocenters. The zero-order valence-electron chi connectivity index (χ0n) is 16.1. The average molecular weight is 394 g/mol. The molecule has 0 bridgehead atoms. The number of methoxy groups -OCH3 is 1. The first-order chi connectivity index (χ1) is 14.1. The summed E-state index contributed by atoms with van der Waals surface area (Å²) in [5, 5.41) is 0. The van der Waals surface area contributed by atoms with Gasteiger partial charge in [-0.1, -0.05) is 72.8 Å². The highest BCUT2D eigenvalue weighted by Gasteiger charge is 2.46. The fourth-order valence-corrected chi connectivity index (χ4v) is 3.00. The maximum atomic E-state index is 12.7. The van der Waals surface area contributed by atoms with Crippen LogP contribution in [0.3, 0.4) is 0 Å². The Balaban J connectivity index is 1.67. The number of benzene rings is 2. The van der Waals surface area contributed by atoms with E-state index in [9.17, 15) is 14.4 Å². The van der Waals surface area contributed by atoms with Gasteiger partial charge in [0.2, 0.25) is 0 Å². The molecule has 1 aliphatic rings. The first-order valence-corrected chi connectivity index (χ1v) is 9.18. The predicted octanol–water partition coefficient (Wildman–Crippen LogP) is 3.32. The quantitative estimate of drug-likeness (QED) is 0.703. The zero-order valence-corrected chi connectivity index (χ0v) is 16.1. The first-order valence-electron chi connectivity index (χ1n) is 9.18. The van der Waals surface area contributed by atoms with E-state index in [2.05, 4.69) is 0 Å². The van der Waals surface area contributed by atoms with Gasteiger partial charge in [0.25, 0.3) is 0 Å². The normalized spacial score (nSPS) is 16.3. The maximum Gasteiger partial charge on any atom is 0.419 e. The fraction of sp³-hybridized carbons (Fsp3) is 0.227. The van der Waals surface area contributed by atoms with Gasteiger partial charge >= 0.3 is 18.1 Å². The van der Waals surface area contributed by atoms with Crippen molar-refractivity contribution in [1.82, 2.24) is 9.80 Å². The summed E-state index contributed by atoms with van der Waals surface area (Å²) in [6, 6.07) is 17.1. The van der Waals surface area contributed by atoms with Gasteiger partial charge in [-0.3, -0.25) is 0 Å². The molecule has 3 rings (SSSR count). The highest BCUT2D eigenvalue weighted by atomic mass is 16.6. The van der Waals surface area contributed by atoms with Crippen LogP contribution in [0.4, 0.5) is 9.59 Å². The molecule has 1 heterocycles. The number of esters is 1. The van der Waals surface area contributed by atoms with Crippen LogP contribution in [-0.4, -0.2) is 54.1 Å². The Bertz CT molecular complexity index is 883. The molecule has 7 nitrogen and oxygen atoms in total. The largest absolute Gasteiger partial charge is 0.467 e. The second-order valence-electron chi connectivity index (χ2n) is 6.45. The van der Waals surface area contributed by atoms with Crippen LogP contribution in [0.15, 0.2) is 66.7 Å². The van der Waals surface area contributed by atoms with Gasteiger partial charge in [0.05, 0.1) is 13.7 Å². The number of imide groups is 1. The van der Waals surface area contributed by atoms with Crippen molar-refractivity contribution >= 4 is 24.2 Å². The van der Waals surface area contributed by atoms with Gasteiger partial charge in [-0.05, 0) is 11.1 Å². The Morgan fingerprint density at radius 2 is 1.72 bits per heavy atom. The lowest BCUT2D eigenvalue weighted by molar-refractivity contribution is -0.144. The third-order valence-electron chi connectivity index (χ3n) is 4.49. The van der Waals surface area contributed by atoms with Gasteiger partial charge in [0.15, 0.2) is 6.04 Å². The standard InChI is InChI=1S/C22H22N2O5/c1-28-20(25)19-15-23(14-8-13-17-9-4-2-5-10-17)21(26)24(19)22(27)29-16-18-11-6-3-7-12-18/h2-13,19H,14-16H2,1H3/b13-8+/t19-/m0/s1. The first kappa shape index (κ1) is 20.1. The molecule has 0 N–H and O–H groups in total. The number of urea groups is 1. The predicted molar refractivity (Wildman–Crippen MR) is 107 cm³/mol. The lowest BCUT2D eigenvalue weighted by Gasteiger charge is -2.19. The summed E-state index contributed by atoms with van der Waals surface area (Å²) in [4.78, 5) is 39.6. The summed E-state index contributed by atoms with van der Waals surface area (Å²) in [6.07, 6.45) is 2.81. The maximum absolute atomic E-state index is 12.7. The van der Waals surface area contributed by atoms with Gasteiger partial charge < -0.3 is 14.4 Å². The molecule has 0 aromatic heterocycles. The summed E-state index contributed by atoms with van der Waals surface area (Å²) in [7, 11) is 1.22. The summed E-state index contributed by atoms with van der Waals surface area (Å²) in [5.74, 6) is -0.662. The SMILES string of the molecule is COC(=O)[C@@H]1CN(C/C=C/c2ccccc2)C(=O)N1C(=O)OCc1ccccc1. The van der Waals surface area contributed by atoms with Gasteiger partial charge in [-0.25, -0.2) is 19.3 Å². The van der Waals surface area contributed by atoms with Crippen molar-refractivity contribution in [3.63, 3.8) is 0 Å². The number of hydrogen-bond donors (Lipinski definition) is 0. The molecule has 150 valence electrons. The summed E-state index contributed by atoms with van der Waals surface area (Å²) in [5.41, 5.74) is 1.77. The Hall–Kier alpha value is -3.61. The molecular weight excluding hydrogens is 372 g/mol. The fourth-order valence-electron chi connectivity index (χ4n) is 3.00. The zero-order chi connectivity index (χ0) is 20.6. The highest BCUT2D eigenvalue weighted by molar-refractivity contribution is 5.98. The van der Waals surface area contributed by atoms with Crippen molar-refractivity contribution in [2.75, 3.05) is 20.2 Å². The molecular formula is C22H22N2O5. The third-order valence-corrected chi connectivity index (χ3v) is 4.49. The van der Waals surface area contributed by atoms with Crippen LogP contribution in [0.25, 0.3) is 6.08 Å². The number of carbonyl (C=O) groups is 3. The van der Waals surface area contributed by atoms with Crippen LogP contribution in [0.1, 0.15) is 11.1 Å². The molecule has 1 atom stereocenters. The lowest BCUT2D eigenvalue weighted by Crippen LogP contribution is -2.44. The van der Waals surface area contributed by atoms with Gasteiger partial charge in [-0.2, -0.15) is 0 Å². The minimum Gasteiger partial charge on any atom is -0.467 e. The molecule has 2 aromatic carbocycles. The minimum atomic E-state index is -1.04. The van der Waals surface area contributed by atoms with Crippen molar-refractivity contribution in [1.29, 1.82) is 0 Å². The number of amides is 3. The molecule has 0 radical (unpaired) electrons. The summed E-state index contributed by atoms with van der Waals surface area (Å²) in [6.45, 7) is 0.306. The molecule has 1 saturated heterocycles. The van der Waals surface area contributed by atoms with Crippen LogP contribution in [0, 0.1) is 0 Å². The van der Waals surface area contributed by atoms with Crippen LogP contribution in [-0.2, 0) is 20.9 Å². The Kier molecular flexibility index (Phi) is 6.63.